The molecule has 0 heterocycles. The molecular weight excluding hydrogens is 246 g/mol. The first-order chi connectivity index (χ1) is 8.73. The van der Waals surface area contributed by atoms with E-state index < -0.39 is 5.41 Å². The van der Waals surface area contributed by atoms with Crippen LogP contribution in [0, 0.1) is 5.41 Å². The molecule has 0 atom stereocenters. The van der Waals surface area contributed by atoms with Gasteiger partial charge in [-0.05, 0) is 6.42 Å². The molecule has 0 aliphatic carbocycles. The number of hydrogen-bond donors (Lipinski definition) is 3. The van der Waals surface area contributed by atoms with E-state index in [0.717, 1.165) is 0 Å². The van der Waals surface area contributed by atoms with Crippen LogP contribution in [0.1, 0.15) is 40.5 Å². The number of carbonyl (C=O) groups is 3. The van der Waals surface area contributed by atoms with Crippen molar-refractivity contribution in [2.75, 3.05) is 19.6 Å². The maximum atomic E-state index is 11.5. The summed E-state index contributed by atoms with van der Waals surface area (Å²) in [6, 6.07) is 0. The Hall–Kier alpha value is -1.59. The van der Waals surface area contributed by atoms with Crippen LogP contribution in [0.4, 0.5) is 0 Å². The van der Waals surface area contributed by atoms with E-state index in [1.54, 1.807) is 0 Å². The van der Waals surface area contributed by atoms with E-state index in [1.807, 2.05) is 20.8 Å². The van der Waals surface area contributed by atoms with Crippen molar-refractivity contribution in [2.45, 2.75) is 40.5 Å². The van der Waals surface area contributed by atoms with Crippen LogP contribution in [0.2, 0.25) is 0 Å². The van der Waals surface area contributed by atoms with Crippen molar-refractivity contribution >= 4 is 17.7 Å². The van der Waals surface area contributed by atoms with Crippen LogP contribution in [0.3, 0.4) is 0 Å². The molecule has 0 saturated carbocycles. The molecule has 0 rings (SSSR count). The Bertz CT molecular complexity index is 322. The lowest BCUT2D eigenvalue weighted by molar-refractivity contribution is -0.128. The van der Waals surface area contributed by atoms with E-state index in [4.69, 9.17) is 0 Å². The summed E-state index contributed by atoms with van der Waals surface area (Å²) in [7, 11) is 0. The second-order valence-electron chi connectivity index (χ2n) is 5.44. The molecule has 0 saturated heterocycles. The lowest BCUT2D eigenvalue weighted by Crippen LogP contribution is -2.36. The van der Waals surface area contributed by atoms with Gasteiger partial charge in [0.2, 0.25) is 17.7 Å². The first-order valence-corrected chi connectivity index (χ1v) is 6.53. The fourth-order valence-corrected chi connectivity index (χ4v) is 1.24. The minimum absolute atomic E-state index is 0.0152. The zero-order chi connectivity index (χ0) is 14.9. The van der Waals surface area contributed by atoms with Gasteiger partial charge in [-0.25, -0.2) is 0 Å². The van der Waals surface area contributed by atoms with Gasteiger partial charge in [0, 0.05) is 38.4 Å². The monoisotopic (exact) mass is 271 g/mol. The lowest BCUT2D eigenvalue weighted by Gasteiger charge is -2.17. The standard InChI is InChI=1S/C13H25N3O3/c1-10(17)14-8-9-15-11(18)6-5-7-16-12(19)13(2,3)4/h5-9H2,1-4H3,(H,14,17)(H,15,18)(H,16,19). The highest BCUT2D eigenvalue weighted by Crippen LogP contribution is 2.12. The highest BCUT2D eigenvalue weighted by molar-refractivity contribution is 5.81. The molecule has 0 aromatic heterocycles. The Morgan fingerprint density at radius 3 is 2.00 bits per heavy atom. The van der Waals surface area contributed by atoms with Gasteiger partial charge >= 0.3 is 0 Å². The summed E-state index contributed by atoms with van der Waals surface area (Å²) in [5.41, 5.74) is -0.402. The second-order valence-corrected chi connectivity index (χ2v) is 5.44. The number of rotatable bonds is 7. The molecule has 0 bridgehead atoms. The molecule has 0 radical (unpaired) electrons. The molecular formula is C13H25N3O3. The normalized spacial score (nSPS) is 10.7. The van der Waals surface area contributed by atoms with Gasteiger partial charge < -0.3 is 16.0 Å². The molecule has 0 unspecified atom stereocenters. The van der Waals surface area contributed by atoms with Gasteiger partial charge in [-0.3, -0.25) is 14.4 Å². The summed E-state index contributed by atoms with van der Waals surface area (Å²) in [6.45, 7) is 8.31. The summed E-state index contributed by atoms with van der Waals surface area (Å²) in [5, 5.41) is 8.06. The minimum Gasteiger partial charge on any atom is -0.356 e. The third kappa shape index (κ3) is 10.1. The van der Waals surface area contributed by atoms with Gasteiger partial charge in [-0.2, -0.15) is 0 Å². The fraction of sp³-hybridized carbons (Fsp3) is 0.769. The molecule has 0 aliphatic rings. The van der Waals surface area contributed by atoms with Crippen molar-refractivity contribution in [3.05, 3.63) is 0 Å². The molecule has 0 aromatic carbocycles. The van der Waals surface area contributed by atoms with Crippen molar-refractivity contribution in [2.24, 2.45) is 5.41 Å². The molecule has 0 spiro atoms. The summed E-state index contributed by atoms with van der Waals surface area (Å²) < 4.78 is 0. The van der Waals surface area contributed by atoms with Gasteiger partial charge in [-0.1, -0.05) is 20.8 Å². The molecule has 3 amide bonds. The summed E-state index contributed by atoms with van der Waals surface area (Å²) in [5.74, 6) is -0.201. The zero-order valence-corrected chi connectivity index (χ0v) is 12.3. The first kappa shape index (κ1) is 17.4. The third-order valence-electron chi connectivity index (χ3n) is 2.37. The molecule has 19 heavy (non-hydrogen) atoms. The van der Waals surface area contributed by atoms with Crippen LogP contribution >= 0.6 is 0 Å². The summed E-state index contributed by atoms with van der Waals surface area (Å²) >= 11 is 0. The Morgan fingerprint density at radius 2 is 1.47 bits per heavy atom. The van der Waals surface area contributed by atoms with Crippen LogP contribution in [-0.4, -0.2) is 37.4 Å². The maximum absolute atomic E-state index is 11.5. The van der Waals surface area contributed by atoms with E-state index in [-0.39, 0.29) is 17.7 Å². The van der Waals surface area contributed by atoms with E-state index >= 15 is 0 Å². The lowest BCUT2D eigenvalue weighted by atomic mass is 9.96. The van der Waals surface area contributed by atoms with Gasteiger partial charge in [-0.15, -0.1) is 0 Å². The molecule has 6 heteroatoms. The molecule has 110 valence electrons. The largest absolute Gasteiger partial charge is 0.356 e. The van der Waals surface area contributed by atoms with E-state index in [0.29, 0.717) is 32.5 Å². The fourth-order valence-electron chi connectivity index (χ4n) is 1.24. The average Bonchev–Trinajstić information content (AvgIpc) is 2.28. The van der Waals surface area contributed by atoms with Gasteiger partial charge in [0.05, 0.1) is 0 Å². The molecule has 0 aliphatic heterocycles. The quantitative estimate of drug-likeness (QED) is 0.577. The number of nitrogens with one attached hydrogen (secondary N) is 3. The molecule has 3 N–H and O–H groups in total. The topological polar surface area (TPSA) is 87.3 Å². The van der Waals surface area contributed by atoms with Gasteiger partial charge in [0.25, 0.3) is 0 Å². The van der Waals surface area contributed by atoms with E-state index in [9.17, 15) is 14.4 Å². The van der Waals surface area contributed by atoms with E-state index in [2.05, 4.69) is 16.0 Å². The minimum atomic E-state index is -0.402. The third-order valence-corrected chi connectivity index (χ3v) is 2.37. The Kier molecular flexibility index (Phi) is 7.79. The number of carbonyl (C=O) groups excluding carboxylic acids is 3. The van der Waals surface area contributed by atoms with Crippen molar-refractivity contribution in [3.63, 3.8) is 0 Å². The highest BCUT2D eigenvalue weighted by Gasteiger charge is 2.20. The van der Waals surface area contributed by atoms with Gasteiger partial charge in [0.1, 0.15) is 0 Å². The first-order valence-electron chi connectivity index (χ1n) is 6.53. The molecule has 0 aromatic rings. The van der Waals surface area contributed by atoms with Crippen molar-refractivity contribution < 1.29 is 14.4 Å². The van der Waals surface area contributed by atoms with Crippen LogP contribution in [0.15, 0.2) is 0 Å². The highest BCUT2D eigenvalue weighted by atomic mass is 16.2. The number of hydrogen-bond acceptors (Lipinski definition) is 3. The van der Waals surface area contributed by atoms with Crippen LogP contribution in [0.5, 0.6) is 0 Å². The van der Waals surface area contributed by atoms with Crippen molar-refractivity contribution in [3.8, 4) is 0 Å². The second kappa shape index (κ2) is 8.50. The van der Waals surface area contributed by atoms with Crippen molar-refractivity contribution in [1.29, 1.82) is 0 Å². The summed E-state index contributed by atoms with van der Waals surface area (Å²) in [6.07, 6.45) is 0.971. The van der Waals surface area contributed by atoms with Crippen molar-refractivity contribution in [1.82, 2.24) is 16.0 Å². The Labute approximate surface area is 114 Å². The molecule has 6 nitrogen and oxygen atoms in total. The SMILES string of the molecule is CC(=O)NCCNC(=O)CCCNC(=O)C(C)(C)C. The smallest absolute Gasteiger partial charge is 0.225 e. The van der Waals surface area contributed by atoms with Crippen LogP contribution in [0.25, 0.3) is 0 Å². The Morgan fingerprint density at radius 1 is 0.895 bits per heavy atom. The van der Waals surface area contributed by atoms with E-state index in [1.165, 1.54) is 6.92 Å². The van der Waals surface area contributed by atoms with Crippen LogP contribution in [-0.2, 0) is 14.4 Å². The predicted molar refractivity (Wildman–Crippen MR) is 73.4 cm³/mol. The summed E-state index contributed by atoms with van der Waals surface area (Å²) in [4.78, 5) is 33.5. The number of amides is 3. The average molecular weight is 271 g/mol. The predicted octanol–water partition coefficient (Wildman–Crippen LogP) is 0.181. The molecule has 0 fully saturated rings. The zero-order valence-electron chi connectivity index (χ0n) is 12.3. The Balaban J connectivity index is 3.54. The maximum Gasteiger partial charge on any atom is 0.225 e. The van der Waals surface area contributed by atoms with Crippen LogP contribution < -0.4 is 16.0 Å². The van der Waals surface area contributed by atoms with Gasteiger partial charge in [0.15, 0.2) is 0 Å².